The summed E-state index contributed by atoms with van der Waals surface area (Å²) in [6, 6.07) is 19.5. The molecule has 5 rings (SSSR count). The molecule has 0 bridgehead atoms. The Balaban J connectivity index is 1.52. The Labute approximate surface area is 218 Å². The fourth-order valence-electron chi connectivity index (χ4n) is 5.69. The number of unbranched alkanes of at least 4 members (excludes halogenated alkanes) is 1. The normalized spacial score (nSPS) is 17.4. The minimum absolute atomic E-state index is 0.0429. The van der Waals surface area contributed by atoms with Gasteiger partial charge in [0.2, 0.25) is 11.8 Å². The summed E-state index contributed by atoms with van der Waals surface area (Å²) in [4.78, 5) is 31.5. The molecule has 36 heavy (non-hydrogen) atoms. The molecule has 1 saturated carbocycles. The van der Waals surface area contributed by atoms with E-state index in [1.807, 2.05) is 70.6 Å². The molecule has 1 aliphatic carbocycles. The fourth-order valence-corrected chi connectivity index (χ4v) is 5.81. The number of hydrogen-bond donors (Lipinski definition) is 0. The maximum atomic E-state index is 14.2. The molecule has 188 valence electrons. The Kier molecular flexibility index (Phi) is 7.47. The Morgan fingerprint density at radius 1 is 0.944 bits per heavy atom. The molecule has 0 N–H and O–H groups in total. The van der Waals surface area contributed by atoms with Gasteiger partial charge in [0.15, 0.2) is 0 Å². The van der Waals surface area contributed by atoms with E-state index in [1.165, 1.54) is 6.42 Å². The standard InChI is InChI=1S/C30H34ClN3O2/c1-2-3-19-32(30(36)23-10-5-4-6-11-23)21-28(35)34-26-13-8-7-12-25(26)33-20-9-14-27(33)29(34)22-15-17-24(31)18-16-22/h7-9,12-18,20,23,29H,2-6,10-11,19,21H2,1H3. The first-order valence-corrected chi connectivity index (χ1v) is 13.6. The summed E-state index contributed by atoms with van der Waals surface area (Å²) in [7, 11) is 0. The van der Waals surface area contributed by atoms with E-state index in [1.54, 1.807) is 0 Å². The van der Waals surface area contributed by atoms with Crippen molar-refractivity contribution in [1.29, 1.82) is 0 Å². The fraction of sp³-hybridized carbons (Fsp3) is 0.400. The van der Waals surface area contributed by atoms with Crippen molar-refractivity contribution in [3.05, 3.63) is 83.1 Å². The molecule has 1 aliphatic heterocycles. The number of fused-ring (bicyclic) bond motifs is 3. The molecule has 1 fully saturated rings. The second-order valence-corrected chi connectivity index (χ2v) is 10.4. The Bertz CT molecular complexity index is 1210. The molecule has 2 aliphatic rings. The van der Waals surface area contributed by atoms with Gasteiger partial charge in [0, 0.05) is 23.7 Å². The number of rotatable bonds is 7. The first-order chi connectivity index (χ1) is 17.6. The molecule has 2 heterocycles. The lowest BCUT2D eigenvalue weighted by atomic mass is 9.88. The van der Waals surface area contributed by atoms with Crippen LogP contribution in [0.2, 0.25) is 5.02 Å². The van der Waals surface area contributed by atoms with Gasteiger partial charge in [-0.05, 0) is 61.2 Å². The van der Waals surface area contributed by atoms with Gasteiger partial charge in [-0.2, -0.15) is 0 Å². The Morgan fingerprint density at radius 3 is 2.39 bits per heavy atom. The SMILES string of the molecule is CCCCN(CC(=O)N1c2ccccc2-n2cccc2C1c1ccc(Cl)cc1)C(=O)C1CCCCC1. The summed E-state index contributed by atoms with van der Waals surface area (Å²) in [5.41, 5.74) is 3.82. The highest BCUT2D eigenvalue weighted by atomic mass is 35.5. The van der Waals surface area contributed by atoms with Crippen molar-refractivity contribution in [2.24, 2.45) is 5.92 Å². The quantitative estimate of drug-likeness (QED) is 0.357. The van der Waals surface area contributed by atoms with E-state index in [0.717, 1.165) is 61.2 Å². The summed E-state index contributed by atoms with van der Waals surface area (Å²) in [5.74, 6) is 0.129. The van der Waals surface area contributed by atoms with Crippen LogP contribution < -0.4 is 4.90 Å². The third-order valence-electron chi connectivity index (χ3n) is 7.55. The lowest BCUT2D eigenvalue weighted by Gasteiger charge is -2.40. The van der Waals surface area contributed by atoms with Crippen LogP contribution in [0.3, 0.4) is 0 Å². The smallest absolute Gasteiger partial charge is 0.247 e. The second-order valence-electron chi connectivity index (χ2n) is 9.96. The van der Waals surface area contributed by atoms with Crippen molar-refractivity contribution in [2.75, 3.05) is 18.0 Å². The molecule has 1 atom stereocenters. The van der Waals surface area contributed by atoms with Crippen LogP contribution in [-0.4, -0.2) is 34.4 Å². The van der Waals surface area contributed by atoms with Crippen LogP contribution in [0.1, 0.15) is 69.2 Å². The number of carbonyl (C=O) groups is 2. The summed E-state index contributed by atoms with van der Waals surface area (Å²) < 4.78 is 2.15. The molecular formula is C30H34ClN3O2. The number of nitrogens with zero attached hydrogens (tertiary/aromatic N) is 3. The predicted octanol–water partition coefficient (Wildman–Crippen LogP) is 6.78. The van der Waals surface area contributed by atoms with Crippen LogP contribution in [0.25, 0.3) is 5.69 Å². The number of carbonyl (C=O) groups excluding carboxylic acids is 2. The molecule has 6 heteroatoms. The van der Waals surface area contributed by atoms with Gasteiger partial charge >= 0.3 is 0 Å². The van der Waals surface area contributed by atoms with E-state index in [-0.39, 0.29) is 30.3 Å². The molecule has 1 unspecified atom stereocenters. The zero-order valence-electron chi connectivity index (χ0n) is 20.9. The van der Waals surface area contributed by atoms with Crippen molar-refractivity contribution in [1.82, 2.24) is 9.47 Å². The molecule has 1 aromatic heterocycles. The maximum Gasteiger partial charge on any atom is 0.247 e. The average molecular weight is 504 g/mol. The van der Waals surface area contributed by atoms with E-state index >= 15 is 0 Å². The van der Waals surface area contributed by atoms with Crippen LogP contribution in [0.4, 0.5) is 5.69 Å². The van der Waals surface area contributed by atoms with Gasteiger partial charge in [0.05, 0.1) is 17.1 Å². The summed E-state index contributed by atoms with van der Waals surface area (Å²) in [6.07, 6.45) is 9.18. The first-order valence-electron chi connectivity index (χ1n) is 13.2. The molecule has 0 radical (unpaired) electrons. The van der Waals surface area contributed by atoms with Gasteiger partial charge in [0.25, 0.3) is 0 Å². The lowest BCUT2D eigenvalue weighted by molar-refractivity contribution is -0.139. The Morgan fingerprint density at radius 2 is 1.67 bits per heavy atom. The average Bonchev–Trinajstić information content (AvgIpc) is 3.41. The zero-order chi connectivity index (χ0) is 25.1. The Hall–Kier alpha value is -3.05. The number of aromatic nitrogens is 1. The van der Waals surface area contributed by atoms with Gasteiger partial charge in [-0.15, -0.1) is 0 Å². The van der Waals surface area contributed by atoms with Crippen LogP contribution in [0.15, 0.2) is 66.9 Å². The van der Waals surface area contributed by atoms with Gasteiger partial charge in [-0.25, -0.2) is 0 Å². The number of anilines is 1. The zero-order valence-corrected chi connectivity index (χ0v) is 21.7. The van der Waals surface area contributed by atoms with Gasteiger partial charge < -0.3 is 9.47 Å². The molecule has 0 saturated heterocycles. The third kappa shape index (κ3) is 4.81. The number of hydrogen-bond acceptors (Lipinski definition) is 2. The molecule has 2 aromatic carbocycles. The highest BCUT2D eigenvalue weighted by molar-refractivity contribution is 6.30. The summed E-state index contributed by atoms with van der Waals surface area (Å²) >= 11 is 6.21. The maximum absolute atomic E-state index is 14.2. The first kappa shape index (κ1) is 24.6. The van der Waals surface area contributed by atoms with Gasteiger partial charge in [-0.1, -0.05) is 68.5 Å². The topological polar surface area (TPSA) is 45.6 Å². The molecule has 3 aromatic rings. The van der Waals surface area contributed by atoms with E-state index in [4.69, 9.17) is 11.6 Å². The highest BCUT2D eigenvalue weighted by Gasteiger charge is 2.37. The molecule has 5 nitrogen and oxygen atoms in total. The monoisotopic (exact) mass is 503 g/mol. The van der Waals surface area contributed by atoms with Crippen molar-refractivity contribution in [2.45, 2.75) is 57.9 Å². The number of halogens is 1. The highest BCUT2D eigenvalue weighted by Crippen LogP contribution is 2.42. The predicted molar refractivity (Wildman–Crippen MR) is 145 cm³/mol. The van der Waals surface area contributed by atoms with Crippen LogP contribution in [-0.2, 0) is 9.59 Å². The summed E-state index contributed by atoms with van der Waals surface area (Å²) in [6.45, 7) is 2.83. The van der Waals surface area contributed by atoms with E-state index in [0.29, 0.717) is 11.6 Å². The summed E-state index contributed by atoms with van der Waals surface area (Å²) in [5, 5.41) is 0.659. The lowest BCUT2D eigenvalue weighted by Crippen LogP contribution is -2.48. The molecule has 2 amide bonds. The number of amides is 2. The largest absolute Gasteiger partial charge is 0.333 e. The van der Waals surface area contributed by atoms with Crippen LogP contribution >= 0.6 is 11.6 Å². The van der Waals surface area contributed by atoms with Crippen LogP contribution in [0, 0.1) is 5.92 Å². The van der Waals surface area contributed by atoms with E-state index < -0.39 is 0 Å². The second kappa shape index (κ2) is 10.9. The van der Waals surface area contributed by atoms with Gasteiger partial charge in [-0.3, -0.25) is 14.5 Å². The van der Waals surface area contributed by atoms with Crippen molar-refractivity contribution in [3.63, 3.8) is 0 Å². The number of benzene rings is 2. The third-order valence-corrected chi connectivity index (χ3v) is 7.80. The van der Waals surface area contributed by atoms with E-state index in [2.05, 4.69) is 17.6 Å². The molecular weight excluding hydrogens is 470 g/mol. The van der Waals surface area contributed by atoms with E-state index in [9.17, 15) is 9.59 Å². The van der Waals surface area contributed by atoms with Crippen LogP contribution in [0.5, 0.6) is 0 Å². The van der Waals surface area contributed by atoms with Crippen molar-refractivity contribution in [3.8, 4) is 5.69 Å². The molecule has 0 spiro atoms. The van der Waals surface area contributed by atoms with Crippen molar-refractivity contribution < 1.29 is 9.59 Å². The van der Waals surface area contributed by atoms with Gasteiger partial charge in [0.1, 0.15) is 12.6 Å². The minimum Gasteiger partial charge on any atom is -0.333 e. The number of para-hydroxylation sites is 2. The minimum atomic E-state index is -0.308. The van der Waals surface area contributed by atoms with Crippen molar-refractivity contribution >= 4 is 29.1 Å².